The van der Waals surface area contributed by atoms with Crippen LogP contribution in [0.1, 0.15) is 54.0 Å². The van der Waals surface area contributed by atoms with Crippen LogP contribution in [0.2, 0.25) is 0 Å². The summed E-state index contributed by atoms with van der Waals surface area (Å²) in [6.07, 6.45) is 2.82. The van der Waals surface area contributed by atoms with Gasteiger partial charge in [-0.05, 0) is 32.0 Å². The fraction of sp³-hybridized carbons (Fsp3) is 0.440. The SMILES string of the molecule is CCOC(=O)N1CCC2(CC1)C[C@H](NC(=O)c1cccc3cn(COP(=O)(O)O)nc13)c1nc(C)ccc1O2. The Bertz CT molecular complexity index is 1450. The van der Waals surface area contributed by atoms with E-state index >= 15 is 0 Å². The van der Waals surface area contributed by atoms with Gasteiger partial charge in [0.15, 0.2) is 6.73 Å². The number of aromatic nitrogens is 3. The number of benzene rings is 1. The molecule has 1 atom stereocenters. The highest BCUT2D eigenvalue weighted by molar-refractivity contribution is 7.46. The number of phosphoric acid groups is 1. The minimum atomic E-state index is -4.68. The first kappa shape index (κ1) is 27.1. The molecule has 2 aliphatic heterocycles. The number of ether oxygens (including phenoxy) is 2. The molecule has 1 aromatic carbocycles. The Kier molecular flexibility index (Phi) is 7.34. The van der Waals surface area contributed by atoms with Crippen molar-refractivity contribution in [2.45, 2.75) is 51.5 Å². The Morgan fingerprint density at radius 3 is 2.72 bits per heavy atom. The molecule has 0 bridgehead atoms. The van der Waals surface area contributed by atoms with Crippen LogP contribution < -0.4 is 10.1 Å². The quantitative estimate of drug-likeness (QED) is 0.382. The van der Waals surface area contributed by atoms with Crippen LogP contribution in [-0.4, -0.2) is 66.7 Å². The second-order valence-electron chi connectivity index (χ2n) is 9.70. The highest BCUT2D eigenvalue weighted by Crippen LogP contribution is 2.44. The number of fused-ring (bicyclic) bond motifs is 2. The summed E-state index contributed by atoms with van der Waals surface area (Å²) in [7, 11) is -4.68. The lowest BCUT2D eigenvalue weighted by molar-refractivity contribution is -0.0245. The molecule has 2 aromatic heterocycles. The summed E-state index contributed by atoms with van der Waals surface area (Å²) >= 11 is 0. The van der Waals surface area contributed by atoms with Gasteiger partial charge < -0.3 is 29.5 Å². The lowest BCUT2D eigenvalue weighted by Gasteiger charge is -2.46. The Morgan fingerprint density at radius 2 is 2.00 bits per heavy atom. The third-order valence-corrected chi connectivity index (χ3v) is 7.40. The van der Waals surface area contributed by atoms with Crippen LogP contribution in [0.25, 0.3) is 10.9 Å². The molecule has 1 saturated heterocycles. The summed E-state index contributed by atoms with van der Waals surface area (Å²) in [4.78, 5) is 50.1. The average Bonchev–Trinajstić information content (AvgIpc) is 3.31. The predicted molar refractivity (Wildman–Crippen MR) is 138 cm³/mol. The number of piperidine rings is 1. The van der Waals surface area contributed by atoms with Gasteiger partial charge >= 0.3 is 13.9 Å². The lowest BCUT2D eigenvalue weighted by atomic mass is 9.81. The van der Waals surface area contributed by atoms with E-state index in [1.165, 1.54) is 4.68 Å². The fourth-order valence-electron chi connectivity index (χ4n) is 5.10. The van der Waals surface area contributed by atoms with E-state index in [1.54, 1.807) is 36.2 Å². The molecule has 5 rings (SSSR count). The molecule has 0 aliphatic carbocycles. The Morgan fingerprint density at radius 1 is 1.23 bits per heavy atom. The number of hydrogen-bond acceptors (Lipinski definition) is 8. The first-order chi connectivity index (χ1) is 18.6. The van der Waals surface area contributed by atoms with E-state index < -0.39 is 26.2 Å². The molecule has 1 spiro atoms. The molecule has 1 fully saturated rings. The van der Waals surface area contributed by atoms with Gasteiger partial charge in [0.05, 0.1) is 18.2 Å². The van der Waals surface area contributed by atoms with E-state index in [-0.39, 0.29) is 12.0 Å². The first-order valence-corrected chi connectivity index (χ1v) is 14.1. The zero-order valence-corrected chi connectivity index (χ0v) is 22.5. The molecule has 2 amide bonds. The van der Waals surface area contributed by atoms with Crippen LogP contribution in [0.15, 0.2) is 36.5 Å². The largest absolute Gasteiger partial charge is 0.485 e. The maximum absolute atomic E-state index is 13.6. The Hall–Kier alpha value is -3.51. The molecule has 3 N–H and O–H groups in total. The van der Waals surface area contributed by atoms with Crippen molar-refractivity contribution in [2.24, 2.45) is 0 Å². The predicted octanol–water partition coefficient (Wildman–Crippen LogP) is 3.05. The van der Waals surface area contributed by atoms with Crippen LogP contribution in [0, 0.1) is 6.92 Å². The van der Waals surface area contributed by atoms with Gasteiger partial charge in [-0.25, -0.2) is 14.0 Å². The van der Waals surface area contributed by atoms with E-state index in [0.717, 1.165) is 5.69 Å². The molecule has 0 saturated carbocycles. The number of rotatable bonds is 6. The van der Waals surface area contributed by atoms with Gasteiger partial charge in [-0.2, -0.15) is 5.10 Å². The molecule has 208 valence electrons. The number of hydrogen-bond donors (Lipinski definition) is 3. The average molecular weight is 560 g/mol. The number of carbonyl (C=O) groups is 2. The molecule has 4 heterocycles. The van der Waals surface area contributed by atoms with E-state index in [4.69, 9.17) is 19.3 Å². The molecule has 0 radical (unpaired) electrons. The summed E-state index contributed by atoms with van der Waals surface area (Å²) in [6.45, 7) is 4.43. The van der Waals surface area contributed by atoms with Crippen LogP contribution in [-0.2, 0) is 20.6 Å². The van der Waals surface area contributed by atoms with Gasteiger partial charge in [-0.15, -0.1) is 0 Å². The van der Waals surface area contributed by atoms with Crippen molar-refractivity contribution in [3.8, 4) is 5.75 Å². The molecule has 39 heavy (non-hydrogen) atoms. The van der Waals surface area contributed by atoms with Crippen molar-refractivity contribution in [3.63, 3.8) is 0 Å². The standard InChI is InChI=1S/C25H30N5O8P/c1-3-36-24(32)29-11-9-25(10-12-29)13-19(22-20(38-25)8-7-16(2)26-22)27-23(31)18-6-4-5-17-14-30(28-21(17)18)15-37-39(33,34)35/h4-8,14,19H,3,9-13,15H2,1-2H3,(H,27,31)(H2,33,34,35)/t19-/m0/s1. The number of likely N-dealkylation sites (tertiary alicyclic amines) is 1. The molecular weight excluding hydrogens is 529 g/mol. The number of carbonyl (C=O) groups excluding carboxylic acids is 2. The van der Waals surface area contributed by atoms with Gasteiger partial charge in [0.1, 0.15) is 22.6 Å². The van der Waals surface area contributed by atoms with Crippen LogP contribution in [0.3, 0.4) is 0 Å². The smallest absolute Gasteiger partial charge is 0.471 e. The summed E-state index contributed by atoms with van der Waals surface area (Å²) in [5.74, 6) is 0.223. The second-order valence-corrected chi connectivity index (χ2v) is 10.9. The number of nitrogens with zero attached hydrogens (tertiary/aromatic N) is 4. The van der Waals surface area contributed by atoms with E-state index in [1.807, 2.05) is 19.1 Å². The van der Waals surface area contributed by atoms with Gasteiger partial charge in [0.2, 0.25) is 0 Å². The van der Waals surface area contributed by atoms with Crippen molar-refractivity contribution < 1.29 is 37.9 Å². The number of nitrogens with one attached hydrogen (secondary N) is 1. The van der Waals surface area contributed by atoms with E-state index in [2.05, 4.69) is 19.9 Å². The molecule has 0 unspecified atom stereocenters. The summed E-state index contributed by atoms with van der Waals surface area (Å²) < 4.78 is 28.4. The summed E-state index contributed by atoms with van der Waals surface area (Å²) in [5, 5.41) is 8.03. The van der Waals surface area contributed by atoms with Crippen molar-refractivity contribution in [2.75, 3.05) is 19.7 Å². The van der Waals surface area contributed by atoms with Gasteiger partial charge in [0, 0.05) is 49.6 Å². The summed E-state index contributed by atoms with van der Waals surface area (Å²) in [5.41, 5.74) is 1.50. The van der Waals surface area contributed by atoms with Crippen LogP contribution >= 0.6 is 7.82 Å². The zero-order chi connectivity index (χ0) is 27.8. The Labute approximate surface area is 224 Å². The Balaban J connectivity index is 1.38. The second kappa shape index (κ2) is 10.6. The third kappa shape index (κ3) is 5.91. The highest BCUT2D eigenvalue weighted by Gasteiger charge is 2.45. The first-order valence-electron chi connectivity index (χ1n) is 12.6. The molecule has 3 aromatic rings. The zero-order valence-electron chi connectivity index (χ0n) is 21.6. The topological polar surface area (TPSA) is 165 Å². The van der Waals surface area contributed by atoms with Gasteiger partial charge in [-0.1, -0.05) is 12.1 Å². The van der Waals surface area contributed by atoms with Gasteiger partial charge in [-0.3, -0.25) is 14.3 Å². The molecule has 14 heteroatoms. The number of amides is 2. The lowest BCUT2D eigenvalue weighted by Crippen LogP contribution is -2.53. The third-order valence-electron chi connectivity index (χ3n) is 6.95. The number of aryl methyl sites for hydroxylation is 1. The van der Waals surface area contributed by atoms with Crippen molar-refractivity contribution in [1.82, 2.24) is 25.0 Å². The monoisotopic (exact) mass is 559 g/mol. The minimum Gasteiger partial charge on any atom is -0.485 e. The van der Waals surface area contributed by atoms with Gasteiger partial charge in [0.25, 0.3) is 5.91 Å². The van der Waals surface area contributed by atoms with Crippen molar-refractivity contribution in [3.05, 3.63) is 53.5 Å². The molecule has 2 aliphatic rings. The van der Waals surface area contributed by atoms with Crippen LogP contribution in [0.4, 0.5) is 4.79 Å². The fourth-order valence-corrected chi connectivity index (χ4v) is 5.36. The normalized spacial score (nSPS) is 18.5. The number of pyridine rings is 1. The van der Waals surface area contributed by atoms with Crippen LogP contribution in [0.5, 0.6) is 5.75 Å². The maximum atomic E-state index is 13.6. The van der Waals surface area contributed by atoms with E-state index in [0.29, 0.717) is 66.9 Å². The van der Waals surface area contributed by atoms with Crippen molar-refractivity contribution >= 4 is 30.7 Å². The maximum Gasteiger partial charge on any atom is 0.471 e. The van der Waals surface area contributed by atoms with E-state index in [9.17, 15) is 14.2 Å². The highest BCUT2D eigenvalue weighted by atomic mass is 31.2. The summed E-state index contributed by atoms with van der Waals surface area (Å²) in [6, 6.07) is 8.35. The molecular formula is C25H30N5O8P. The molecule has 13 nitrogen and oxygen atoms in total. The number of phosphoric ester groups is 1. The van der Waals surface area contributed by atoms with Crippen molar-refractivity contribution in [1.29, 1.82) is 0 Å². The minimum absolute atomic E-state index is 0.300.